The van der Waals surface area contributed by atoms with E-state index < -0.39 is 0 Å². The summed E-state index contributed by atoms with van der Waals surface area (Å²) in [6.45, 7) is 3.61. The molecule has 6 heavy (non-hydrogen) atoms. The molecule has 0 amide bonds. The minimum absolute atomic E-state index is 0. The van der Waals surface area contributed by atoms with Gasteiger partial charge in [-0.15, -0.1) is 6.42 Å². The molecule has 0 rings (SSSR count). The summed E-state index contributed by atoms with van der Waals surface area (Å²) < 4.78 is 0. The zero-order chi connectivity index (χ0) is 4.12. The standard InChI is InChI=1S/C4H9S.Cr/c1-2-3-4-5;/h5H,1-4H2;/q-1;+2/p-1. The summed E-state index contributed by atoms with van der Waals surface area (Å²) in [4.78, 5) is 0. The Hall–Kier alpha value is 0.882. The molecular formula is C4H8CrS. The van der Waals surface area contributed by atoms with E-state index in [0.717, 1.165) is 18.6 Å². The summed E-state index contributed by atoms with van der Waals surface area (Å²) in [5, 5.41) is 0. The van der Waals surface area contributed by atoms with Gasteiger partial charge in [0, 0.05) is 0 Å². The molecule has 0 unspecified atom stereocenters. The molecule has 36 valence electrons. The van der Waals surface area contributed by atoms with Gasteiger partial charge in [0.05, 0.1) is 0 Å². The summed E-state index contributed by atoms with van der Waals surface area (Å²) in [5.74, 6) is 0.865. The topological polar surface area (TPSA) is 0 Å². The summed E-state index contributed by atoms with van der Waals surface area (Å²) in [7, 11) is 0. The summed E-state index contributed by atoms with van der Waals surface area (Å²) in [6, 6.07) is 0. The molecule has 0 aromatic carbocycles. The molecule has 0 nitrogen and oxygen atoms in total. The van der Waals surface area contributed by atoms with Crippen molar-refractivity contribution in [1.82, 2.24) is 0 Å². The zero-order valence-corrected chi connectivity index (χ0v) is 5.74. The molecule has 0 aliphatic carbocycles. The summed E-state index contributed by atoms with van der Waals surface area (Å²) in [5.41, 5.74) is 0. The maximum atomic E-state index is 4.61. The molecule has 0 N–H and O–H groups in total. The van der Waals surface area contributed by atoms with Crippen molar-refractivity contribution in [3.05, 3.63) is 6.92 Å². The Balaban J connectivity index is 0. The van der Waals surface area contributed by atoms with E-state index in [0.29, 0.717) is 0 Å². The maximum Gasteiger partial charge on any atom is 2.00 e. The molecule has 0 bridgehead atoms. The normalized spacial score (nSPS) is 7.00. The van der Waals surface area contributed by atoms with Gasteiger partial charge >= 0.3 is 17.4 Å². The minimum atomic E-state index is 0. The fourth-order valence-electron chi connectivity index (χ4n) is 0.102. The van der Waals surface area contributed by atoms with Crippen LogP contribution in [-0.4, -0.2) is 5.75 Å². The summed E-state index contributed by atoms with van der Waals surface area (Å²) in [6.07, 6.45) is 2.08. The largest absolute Gasteiger partial charge is 2.00 e. The van der Waals surface area contributed by atoms with Crippen LogP contribution in [0.25, 0.3) is 0 Å². The van der Waals surface area contributed by atoms with Gasteiger partial charge in [-0.2, -0.15) is 12.2 Å². The van der Waals surface area contributed by atoms with E-state index in [2.05, 4.69) is 19.6 Å². The molecule has 0 aromatic heterocycles. The third-order valence-electron chi connectivity index (χ3n) is 0.394. The molecule has 0 atom stereocenters. The number of hydrogen-bond donors (Lipinski definition) is 0. The first-order valence-electron chi connectivity index (χ1n) is 1.79. The Morgan fingerprint density at radius 1 is 1.50 bits per heavy atom. The third-order valence-corrected chi connectivity index (χ3v) is 0.683. The van der Waals surface area contributed by atoms with E-state index in [1.54, 1.807) is 0 Å². The van der Waals surface area contributed by atoms with Crippen LogP contribution in [0.2, 0.25) is 0 Å². The van der Waals surface area contributed by atoms with Crippen LogP contribution in [0, 0.1) is 6.92 Å². The quantitative estimate of drug-likeness (QED) is 0.409. The van der Waals surface area contributed by atoms with E-state index >= 15 is 0 Å². The molecule has 0 spiro atoms. The van der Waals surface area contributed by atoms with Crippen LogP contribution in [0.15, 0.2) is 0 Å². The predicted molar refractivity (Wildman–Crippen MR) is 26.8 cm³/mol. The van der Waals surface area contributed by atoms with Crippen molar-refractivity contribution in [2.24, 2.45) is 0 Å². The van der Waals surface area contributed by atoms with E-state index in [4.69, 9.17) is 0 Å². The van der Waals surface area contributed by atoms with E-state index in [-0.39, 0.29) is 17.4 Å². The van der Waals surface area contributed by atoms with Crippen molar-refractivity contribution in [2.45, 2.75) is 12.8 Å². The average molecular weight is 140 g/mol. The van der Waals surface area contributed by atoms with Crippen molar-refractivity contribution in [3.8, 4) is 0 Å². The smallest absolute Gasteiger partial charge is 0.793 e. The fourth-order valence-corrected chi connectivity index (χ4v) is 0.306. The van der Waals surface area contributed by atoms with Crippen LogP contribution in [-0.2, 0) is 30.0 Å². The van der Waals surface area contributed by atoms with E-state index in [1.807, 2.05) is 0 Å². The van der Waals surface area contributed by atoms with E-state index in [9.17, 15) is 0 Å². The summed E-state index contributed by atoms with van der Waals surface area (Å²) >= 11 is 4.61. The van der Waals surface area contributed by atoms with Crippen LogP contribution in [0.3, 0.4) is 0 Å². The average Bonchev–Trinajstić information content (AvgIpc) is 1.41. The molecule has 2 heteroatoms. The Morgan fingerprint density at radius 2 is 2.00 bits per heavy atom. The van der Waals surface area contributed by atoms with Crippen LogP contribution in [0.1, 0.15) is 12.8 Å². The second-order valence-corrected chi connectivity index (χ2v) is 1.32. The van der Waals surface area contributed by atoms with Gasteiger partial charge < -0.3 is 19.6 Å². The molecule has 0 fully saturated rings. The predicted octanol–water partition coefficient (Wildman–Crippen LogP) is 1.15. The van der Waals surface area contributed by atoms with Crippen LogP contribution >= 0.6 is 0 Å². The number of rotatable bonds is 2. The van der Waals surface area contributed by atoms with Crippen molar-refractivity contribution < 1.29 is 17.4 Å². The molecule has 0 saturated heterocycles. The molecule has 0 radical (unpaired) electrons. The monoisotopic (exact) mass is 140 g/mol. The second-order valence-electron chi connectivity index (χ2n) is 0.911. The molecular weight excluding hydrogens is 132 g/mol. The van der Waals surface area contributed by atoms with Crippen LogP contribution in [0.5, 0.6) is 0 Å². The first-order chi connectivity index (χ1) is 2.41. The Labute approximate surface area is 55.9 Å². The number of unbranched alkanes of at least 4 members (excludes halogenated alkanes) is 1. The molecule has 0 heterocycles. The fraction of sp³-hybridized carbons (Fsp3) is 0.750. The van der Waals surface area contributed by atoms with Crippen molar-refractivity contribution in [1.29, 1.82) is 0 Å². The SMILES string of the molecule is [CH2-]CCC[S-].[Cr+2]. The van der Waals surface area contributed by atoms with Gasteiger partial charge in [0.25, 0.3) is 0 Å². The van der Waals surface area contributed by atoms with Gasteiger partial charge in [-0.05, 0) is 0 Å². The molecule has 0 aliphatic heterocycles. The minimum Gasteiger partial charge on any atom is -0.793 e. The van der Waals surface area contributed by atoms with Crippen molar-refractivity contribution >= 4 is 12.6 Å². The van der Waals surface area contributed by atoms with E-state index in [1.165, 1.54) is 0 Å². The van der Waals surface area contributed by atoms with Crippen LogP contribution < -0.4 is 0 Å². The molecule has 0 aliphatic rings. The second kappa shape index (κ2) is 9.30. The molecule has 0 aromatic rings. The van der Waals surface area contributed by atoms with Crippen molar-refractivity contribution in [2.75, 3.05) is 5.75 Å². The van der Waals surface area contributed by atoms with Gasteiger partial charge in [-0.1, -0.05) is 0 Å². The van der Waals surface area contributed by atoms with Crippen LogP contribution in [0.4, 0.5) is 0 Å². The van der Waals surface area contributed by atoms with Gasteiger partial charge in [0.15, 0.2) is 0 Å². The van der Waals surface area contributed by atoms with Crippen molar-refractivity contribution in [3.63, 3.8) is 0 Å². The molecule has 0 saturated carbocycles. The Kier molecular flexibility index (Phi) is 15.5. The third kappa shape index (κ3) is 8.86. The van der Waals surface area contributed by atoms with Gasteiger partial charge in [0.1, 0.15) is 0 Å². The Morgan fingerprint density at radius 3 is 2.00 bits per heavy atom. The first-order valence-corrected chi connectivity index (χ1v) is 2.37. The first kappa shape index (κ1) is 9.99. The Bertz CT molecular complexity index is 15.0. The number of hydrogen-bond acceptors (Lipinski definition) is 1. The maximum absolute atomic E-state index is 4.61. The van der Waals surface area contributed by atoms with Gasteiger partial charge in [-0.3, -0.25) is 0 Å². The van der Waals surface area contributed by atoms with Gasteiger partial charge in [-0.25, -0.2) is 0 Å². The van der Waals surface area contributed by atoms with Gasteiger partial charge in [0.2, 0.25) is 0 Å². The zero-order valence-electron chi connectivity index (χ0n) is 3.64.